The first-order valence-electron chi connectivity index (χ1n) is 3.42. The standard InChI is InChI=1S/C8H8ClNO3/c1-13-8-6(10)4(3-11)2-5(9)7(8)12/h2-3,12H,10H2,1H3. The molecule has 1 aromatic carbocycles. The number of carbonyl (C=O) groups is 1. The van der Waals surface area contributed by atoms with Gasteiger partial charge >= 0.3 is 0 Å². The van der Waals surface area contributed by atoms with Gasteiger partial charge in [0.15, 0.2) is 17.8 Å². The Labute approximate surface area is 79.9 Å². The summed E-state index contributed by atoms with van der Waals surface area (Å²) in [5, 5.41) is 9.38. The van der Waals surface area contributed by atoms with Crippen LogP contribution in [-0.4, -0.2) is 18.5 Å². The van der Waals surface area contributed by atoms with E-state index >= 15 is 0 Å². The Hall–Kier alpha value is -1.42. The number of anilines is 1. The number of benzene rings is 1. The van der Waals surface area contributed by atoms with Crippen molar-refractivity contribution in [1.82, 2.24) is 0 Å². The lowest BCUT2D eigenvalue weighted by Crippen LogP contribution is -1.98. The quantitative estimate of drug-likeness (QED) is 0.561. The molecule has 0 fully saturated rings. The van der Waals surface area contributed by atoms with Gasteiger partial charge in [0, 0.05) is 5.56 Å². The second kappa shape index (κ2) is 3.53. The molecular formula is C8H8ClNO3. The van der Waals surface area contributed by atoms with Crippen LogP contribution in [-0.2, 0) is 0 Å². The van der Waals surface area contributed by atoms with E-state index in [1.807, 2.05) is 0 Å². The summed E-state index contributed by atoms with van der Waals surface area (Å²) in [4.78, 5) is 10.5. The van der Waals surface area contributed by atoms with E-state index in [0.29, 0.717) is 6.29 Å². The molecule has 0 atom stereocenters. The van der Waals surface area contributed by atoms with Crippen molar-refractivity contribution in [3.05, 3.63) is 16.7 Å². The Kier molecular flexibility index (Phi) is 2.63. The Morgan fingerprint density at radius 1 is 1.69 bits per heavy atom. The monoisotopic (exact) mass is 201 g/mol. The molecule has 1 aromatic rings. The smallest absolute Gasteiger partial charge is 0.185 e. The average molecular weight is 202 g/mol. The molecule has 0 saturated carbocycles. The van der Waals surface area contributed by atoms with Crippen LogP contribution in [0.1, 0.15) is 10.4 Å². The molecule has 1 rings (SSSR count). The van der Waals surface area contributed by atoms with Gasteiger partial charge in [-0.15, -0.1) is 0 Å². The maximum atomic E-state index is 10.5. The predicted octanol–water partition coefficient (Wildman–Crippen LogP) is 1.45. The van der Waals surface area contributed by atoms with Gasteiger partial charge in [0.2, 0.25) is 0 Å². The summed E-state index contributed by atoms with van der Waals surface area (Å²) in [5.41, 5.74) is 5.78. The zero-order chi connectivity index (χ0) is 10.0. The number of hydrogen-bond donors (Lipinski definition) is 2. The number of phenols is 1. The van der Waals surface area contributed by atoms with Crippen LogP contribution in [0.2, 0.25) is 5.02 Å². The molecule has 4 nitrogen and oxygen atoms in total. The van der Waals surface area contributed by atoms with E-state index in [1.165, 1.54) is 13.2 Å². The Bertz CT molecular complexity index is 352. The molecular weight excluding hydrogens is 194 g/mol. The molecule has 0 radical (unpaired) electrons. The van der Waals surface area contributed by atoms with Gasteiger partial charge in [-0.1, -0.05) is 11.6 Å². The average Bonchev–Trinajstić information content (AvgIpc) is 2.12. The van der Waals surface area contributed by atoms with E-state index in [2.05, 4.69) is 0 Å². The highest BCUT2D eigenvalue weighted by Crippen LogP contribution is 2.40. The van der Waals surface area contributed by atoms with Crippen LogP contribution in [0.15, 0.2) is 6.07 Å². The molecule has 70 valence electrons. The summed E-state index contributed by atoms with van der Waals surface area (Å²) < 4.78 is 4.78. The molecule has 0 saturated heterocycles. The first-order valence-corrected chi connectivity index (χ1v) is 3.79. The van der Waals surface area contributed by atoms with Crippen LogP contribution in [0.4, 0.5) is 5.69 Å². The number of ether oxygens (including phenoxy) is 1. The number of halogens is 1. The highest BCUT2D eigenvalue weighted by Gasteiger charge is 2.14. The molecule has 0 spiro atoms. The summed E-state index contributed by atoms with van der Waals surface area (Å²) in [6.07, 6.45) is 0.545. The van der Waals surface area contributed by atoms with E-state index < -0.39 is 0 Å². The maximum Gasteiger partial charge on any atom is 0.185 e. The molecule has 0 aliphatic carbocycles. The summed E-state index contributed by atoms with van der Waals surface area (Å²) in [6.45, 7) is 0. The summed E-state index contributed by atoms with van der Waals surface area (Å²) in [6, 6.07) is 1.28. The molecule has 0 unspecified atom stereocenters. The number of aromatic hydroxyl groups is 1. The fraction of sp³-hybridized carbons (Fsp3) is 0.125. The highest BCUT2D eigenvalue weighted by atomic mass is 35.5. The van der Waals surface area contributed by atoms with Crippen LogP contribution >= 0.6 is 11.6 Å². The fourth-order valence-electron chi connectivity index (χ4n) is 0.954. The molecule has 13 heavy (non-hydrogen) atoms. The van der Waals surface area contributed by atoms with Crippen molar-refractivity contribution < 1.29 is 14.6 Å². The van der Waals surface area contributed by atoms with E-state index in [1.54, 1.807) is 0 Å². The zero-order valence-corrected chi connectivity index (χ0v) is 7.63. The van der Waals surface area contributed by atoms with Gasteiger partial charge in [-0.25, -0.2) is 0 Å². The van der Waals surface area contributed by atoms with Crippen LogP contribution in [0.25, 0.3) is 0 Å². The first-order chi connectivity index (χ1) is 6.11. The highest BCUT2D eigenvalue weighted by molar-refractivity contribution is 6.32. The lowest BCUT2D eigenvalue weighted by Gasteiger charge is -2.09. The summed E-state index contributed by atoms with van der Waals surface area (Å²) in [7, 11) is 1.33. The third kappa shape index (κ3) is 1.53. The molecule has 0 aromatic heterocycles. The van der Waals surface area contributed by atoms with Crippen molar-refractivity contribution in [2.24, 2.45) is 0 Å². The second-order valence-electron chi connectivity index (χ2n) is 2.36. The number of nitrogens with two attached hydrogens (primary N) is 1. The molecule has 0 aliphatic rings. The Morgan fingerprint density at radius 3 is 2.77 bits per heavy atom. The van der Waals surface area contributed by atoms with Gasteiger partial charge in [-0.05, 0) is 6.07 Å². The second-order valence-corrected chi connectivity index (χ2v) is 2.77. The Morgan fingerprint density at radius 2 is 2.31 bits per heavy atom. The van der Waals surface area contributed by atoms with Gasteiger partial charge in [0.25, 0.3) is 0 Å². The van der Waals surface area contributed by atoms with Crippen molar-refractivity contribution >= 4 is 23.6 Å². The van der Waals surface area contributed by atoms with Crippen LogP contribution in [0.3, 0.4) is 0 Å². The van der Waals surface area contributed by atoms with E-state index in [9.17, 15) is 9.90 Å². The minimum absolute atomic E-state index is 0.0228. The molecule has 5 heteroatoms. The minimum atomic E-state index is -0.257. The van der Waals surface area contributed by atoms with Crippen molar-refractivity contribution in [2.45, 2.75) is 0 Å². The van der Waals surface area contributed by atoms with E-state index in [-0.39, 0.29) is 27.8 Å². The third-order valence-electron chi connectivity index (χ3n) is 1.61. The van der Waals surface area contributed by atoms with Crippen molar-refractivity contribution in [3.63, 3.8) is 0 Å². The normalized spacial score (nSPS) is 9.69. The number of carbonyl (C=O) groups excluding carboxylic acids is 1. The molecule has 0 bridgehead atoms. The van der Waals surface area contributed by atoms with E-state index in [0.717, 1.165) is 0 Å². The van der Waals surface area contributed by atoms with Crippen molar-refractivity contribution in [2.75, 3.05) is 12.8 Å². The molecule has 0 heterocycles. The van der Waals surface area contributed by atoms with Crippen LogP contribution in [0.5, 0.6) is 11.5 Å². The minimum Gasteiger partial charge on any atom is -0.503 e. The van der Waals surface area contributed by atoms with Gasteiger partial charge in [-0.2, -0.15) is 0 Å². The first kappa shape index (κ1) is 9.67. The number of hydrogen-bond acceptors (Lipinski definition) is 4. The summed E-state index contributed by atoms with van der Waals surface area (Å²) >= 11 is 5.60. The number of rotatable bonds is 2. The predicted molar refractivity (Wildman–Crippen MR) is 49.5 cm³/mol. The molecule has 3 N–H and O–H groups in total. The number of nitrogen functional groups attached to an aromatic ring is 1. The van der Waals surface area contributed by atoms with Gasteiger partial charge in [-0.3, -0.25) is 4.79 Å². The van der Waals surface area contributed by atoms with Gasteiger partial charge in [0.1, 0.15) is 0 Å². The fourth-order valence-corrected chi connectivity index (χ4v) is 1.16. The lowest BCUT2D eigenvalue weighted by atomic mass is 10.1. The van der Waals surface area contributed by atoms with Crippen LogP contribution < -0.4 is 10.5 Å². The lowest BCUT2D eigenvalue weighted by molar-refractivity contribution is 0.112. The largest absolute Gasteiger partial charge is 0.503 e. The number of methoxy groups -OCH3 is 1. The zero-order valence-electron chi connectivity index (χ0n) is 6.87. The van der Waals surface area contributed by atoms with Crippen molar-refractivity contribution in [1.29, 1.82) is 0 Å². The summed E-state index contributed by atoms with van der Waals surface area (Å²) in [5.74, 6) is -0.234. The molecule has 0 aliphatic heterocycles. The van der Waals surface area contributed by atoms with E-state index in [4.69, 9.17) is 22.1 Å². The maximum absolute atomic E-state index is 10.5. The van der Waals surface area contributed by atoms with Gasteiger partial charge in [0.05, 0.1) is 17.8 Å². The number of phenolic OH excluding ortho intramolecular Hbond substituents is 1. The molecule has 0 amide bonds. The Balaban J connectivity index is 3.47. The third-order valence-corrected chi connectivity index (χ3v) is 1.90. The van der Waals surface area contributed by atoms with Crippen LogP contribution in [0, 0.1) is 0 Å². The van der Waals surface area contributed by atoms with Gasteiger partial charge < -0.3 is 15.6 Å². The SMILES string of the molecule is COc1c(N)c(C=O)cc(Cl)c1O. The topological polar surface area (TPSA) is 72.5 Å². The van der Waals surface area contributed by atoms with Crippen molar-refractivity contribution in [3.8, 4) is 11.5 Å². The number of aldehydes is 1.